The number of allylic oxidation sites excluding steroid dienone is 1. The number of carbonyl (C=O) groups is 1. The number of hydrogen-bond acceptors (Lipinski definition) is 4. The third-order valence-electron chi connectivity index (χ3n) is 1.91. The molecule has 4 heteroatoms. The van der Waals surface area contributed by atoms with Crippen LogP contribution in [0.5, 0.6) is 0 Å². The molecule has 2 aliphatic carbocycles. The van der Waals surface area contributed by atoms with E-state index in [1.807, 2.05) is 6.07 Å². The lowest BCUT2D eigenvalue weighted by molar-refractivity contribution is -0.138. The minimum absolute atomic E-state index is 0.397. The van der Waals surface area contributed by atoms with Crippen molar-refractivity contribution < 1.29 is 9.63 Å². The maximum Gasteiger partial charge on any atom is 0.348 e. The average molecular weight is 216 g/mol. The Morgan fingerprint density at radius 2 is 2.19 bits per heavy atom. The molecule has 0 heterocycles. The summed E-state index contributed by atoms with van der Waals surface area (Å²) >= 11 is 0. The lowest BCUT2D eigenvalue weighted by Crippen LogP contribution is -2.05. The molecule has 82 valence electrons. The zero-order valence-corrected chi connectivity index (χ0v) is 8.72. The van der Waals surface area contributed by atoms with Gasteiger partial charge in [-0.25, -0.2) is 4.79 Å². The van der Waals surface area contributed by atoms with Crippen molar-refractivity contribution in [3.63, 3.8) is 0 Å². The summed E-state index contributed by atoms with van der Waals surface area (Å²) in [5, 5.41) is 8.06. The fourth-order valence-electron chi connectivity index (χ4n) is 1.04. The molecule has 0 radical (unpaired) electrons. The molecule has 0 aromatic heterocycles. The van der Waals surface area contributed by atoms with Crippen LogP contribution in [0.25, 0.3) is 11.1 Å². The second-order valence-electron chi connectivity index (χ2n) is 3.12. The highest BCUT2D eigenvalue weighted by atomic mass is 16.7. The van der Waals surface area contributed by atoms with E-state index in [2.05, 4.69) is 35.0 Å². The van der Waals surface area contributed by atoms with Gasteiger partial charge in [-0.1, -0.05) is 24.3 Å². The van der Waals surface area contributed by atoms with E-state index in [1.165, 1.54) is 17.2 Å². The molecule has 0 fully saturated rings. The van der Waals surface area contributed by atoms with Gasteiger partial charge in [-0.15, -0.1) is 0 Å². The molecular weight excluding hydrogens is 204 g/mol. The lowest BCUT2D eigenvalue weighted by atomic mass is 10.3. The van der Waals surface area contributed by atoms with E-state index in [0.29, 0.717) is 12.8 Å². The molecule has 2 N–H and O–H groups in total. The maximum absolute atomic E-state index is 10.3. The van der Waals surface area contributed by atoms with Crippen molar-refractivity contribution in [1.82, 2.24) is 0 Å². The van der Waals surface area contributed by atoms with Crippen molar-refractivity contribution in [2.75, 3.05) is 0 Å². The molecule has 4 nitrogen and oxygen atoms in total. The molecule has 0 bridgehead atoms. The molecule has 0 aromatic rings. The molecule has 2 rings (SSSR count). The Bertz CT molecular complexity index is 416. The van der Waals surface area contributed by atoms with E-state index in [4.69, 9.17) is 5.26 Å². The van der Waals surface area contributed by atoms with E-state index >= 15 is 0 Å². The molecule has 0 saturated carbocycles. The van der Waals surface area contributed by atoms with Crippen LogP contribution in [0.15, 0.2) is 36.4 Å². The molecule has 16 heavy (non-hydrogen) atoms. The van der Waals surface area contributed by atoms with Crippen molar-refractivity contribution in [3.05, 3.63) is 36.4 Å². The van der Waals surface area contributed by atoms with E-state index in [1.54, 1.807) is 6.08 Å². The van der Waals surface area contributed by atoms with Crippen LogP contribution >= 0.6 is 0 Å². The van der Waals surface area contributed by atoms with Crippen molar-refractivity contribution in [2.45, 2.75) is 12.8 Å². The summed E-state index contributed by atoms with van der Waals surface area (Å²) in [4.78, 5) is 14.1. The Morgan fingerprint density at radius 3 is 2.56 bits per heavy atom. The molecule has 0 aliphatic heterocycles. The summed E-state index contributed by atoms with van der Waals surface area (Å²) in [6, 6.07) is 10.4. The minimum atomic E-state index is -0.599. The molecular formula is C12H12N2O2. The van der Waals surface area contributed by atoms with E-state index in [-0.39, 0.29) is 0 Å². The topological polar surface area (TPSA) is 76.1 Å². The summed E-state index contributed by atoms with van der Waals surface area (Å²) < 4.78 is 0. The Labute approximate surface area is 93.9 Å². The maximum atomic E-state index is 10.3. The van der Waals surface area contributed by atoms with Crippen LogP contribution in [0.4, 0.5) is 0 Å². The second-order valence-corrected chi connectivity index (χ2v) is 3.12. The first kappa shape index (κ1) is 12.0. The largest absolute Gasteiger partial charge is 0.370 e. The monoisotopic (exact) mass is 216 g/mol. The Balaban J connectivity index is 0.000000176. The van der Waals surface area contributed by atoms with E-state index in [9.17, 15) is 4.79 Å². The van der Waals surface area contributed by atoms with Crippen LogP contribution in [0, 0.1) is 11.3 Å². The number of carbonyl (C=O) groups excluding carboxylic acids is 1. The first-order valence-electron chi connectivity index (χ1n) is 4.82. The van der Waals surface area contributed by atoms with Crippen LogP contribution in [0.1, 0.15) is 12.8 Å². The fraction of sp³-hybridized carbons (Fsp3) is 0.167. The minimum Gasteiger partial charge on any atom is -0.370 e. The molecule has 0 unspecified atom stereocenters. The zero-order chi connectivity index (χ0) is 11.8. The highest BCUT2D eigenvalue weighted by Crippen LogP contribution is 2.32. The van der Waals surface area contributed by atoms with Crippen molar-refractivity contribution >= 4 is 5.97 Å². The highest BCUT2D eigenvalue weighted by Gasteiger charge is 2.06. The number of nitrogens with two attached hydrogens (primary N) is 1. The standard InChI is InChI=1S/C6H8N2O2.C6H4/c7-5-3-1-2-4-6(9)10-8;1-2-5-4-6(5)3-1/h2,4H,1,3,8H2;1-4H. The first-order chi connectivity index (χ1) is 7.77. The van der Waals surface area contributed by atoms with Gasteiger partial charge in [0.2, 0.25) is 0 Å². The third kappa shape index (κ3) is 4.40. The number of rotatable bonds is 3. The van der Waals surface area contributed by atoms with Crippen molar-refractivity contribution in [3.8, 4) is 17.2 Å². The van der Waals surface area contributed by atoms with Crippen LogP contribution in [0.3, 0.4) is 0 Å². The van der Waals surface area contributed by atoms with Gasteiger partial charge in [0.15, 0.2) is 0 Å². The van der Waals surface area contributed by atoms with Gasteiger partial charge in [0.1, 0.15) is 0 Å². The predicted molar refractivity (Wildman–Crippen MR) is 59.7 cm³/mol. The van der Waals surface area contributed by atoms with Gasteiger partial charge < -0.3 is 4.84 Å². The van der Waals surface area contributed by atoms with Gasteiger partial charge in [-0.2, -0.15) is 11.2 Å². The molecule has 0 saturated heterocycles. The number of nitriles is 1. The summed E-state index contributed by atoms with van der Waals surface area (Å²) in [6.07, 6.45) is 3.68. The van der Waals surface area contributed by atoms with E-state index in [0.717, 1.165) is 0 Å². The summed E-state index contributed by atoms with van der Waals surface area (Å²) in [5.74, 6) is 3.92. The van der Waals surface area contributed by atoms with Crippen LogP contribution in [-0.4, -0.2) is 5.97 Å². The number of hydrogen-bond donors (Lipinski definition) is 1. The smallest absolute Gasteiger partial charge is 0.348 e. The summed E-state index contributed by atoms with van der Waals surface area (Å²) in [6.45, 7) is 0. The second kappa shape index (κ2) is 6.38. The third-order valence-corrected chi connectivity index (χ3v) is 1.91. The number of unbranched alkanes of at least 4 members (excludes halogenated alkanes) is 1. The molecule has 0 amide bonds. The average Bonchev–Trinajstić information content (AvgIpc) is 2.92. The zero-order valence-electron chi connectivity index (χ0n) is 8.72. The summed E-state index contributed by atoms with van der Waals surface area (Å²) in [5.41, 5.74) is 2.85. The SMILES string of the molecule is N#CCCC=CC(=O)ON.c1cc2cc-2c1. The Hall–Kier alpha value is -2.12. The van der Waals surface area contributed by atoms with Gasteiger partial charge in [0.25, 0.3) is 0 Å². The van der Waals surface area contributed by atoms with Crippen LogP contribution < -0.4 is 5.90 Å². The Kier molecular flexibility index (Phi) is 4.77. The Morgan fingerprint density at radius 1 is 1.50 bits per heavy atom. The molecule has 0 atom stereocenters. The van der Waals surface area contributed by atoms with Gasteiger partial charge in [0, 0.05) is 12.5 Å². The lowest BCUT2D eigenvalue weighted by Gasteiger charge is -1.86. The summed E-state index contributed by atoms with van der Waals surface area (Å²) in [7, 11) is 0. The predicted octanol–water partition coefficient (Wildman–Crippen LogP) is 1.93. The number of fused-ring (bicyclic) bond motifs is 1. The number of nitrogens with zero attached hydrogens (tertiary/aromatic N) is 1. The normalized spacial score (nSPS) is 10.0. The van der Waals surface area contributed by atoms with Crippen molar-refractivity contribution in [1.29, 1.82) is 5.26 Å². The quantitative estimate of drug-likeness (QED) is 0.483. The molecule has 0 spiro atoms. The highest BCUT2D eigenvalue weighted by molar-refractivity contribution is 5.81. The molecule has 0 aromatic carbocycles. The van der Waals surface area contributed by atoms with Crippen LogP contribution in [-0.2, 0) is 9.63 Å². The van der Waals surface area contributed by atoms with Gasteiger partial charge >= 0.3 is 5.97 Å². The fourth-order valence-corrected chi connectivity index (χ4v) is 1.04. The van der Waals surface area contributed by atoms with Gasteiger partial charge in [0.05, 0.1) is 6.07 Å². The van der Waals surface area contributed by atoms with E-state index < -0.39 is 5.97 Å². The van der Waals surface area contributed by atoms with Crippen LogP contribution in [0.2, 0.25) is 0 Å². The number of benzene rings is 1. The van der Waals surface area contributed by atoms with Crippen molar-refractivity contribution in [2.24, 2.45) is 5.90 Å². The van der Waals surface area contributed by atoms with Gasteiger partial charge in [-0.05, 0) is 23.6 Å². The molecule has 2 aliphatic rings. The van der Waals surface area contributed by atoms with Gasteiger partial charge in [-0.3, -0.25) is 0 Å². The first-order valence-corrected chi connectivity index (χ1v) is 4.82.